The summed E-state index contributed by atoms with van der Waals surface area (Å²) in [6.07, 6.45) is 4.18. The zero-order valence-electron chi connectivity index (χ0n) is 9.78. The molecule has 17 heavy (non-hydrogen) atoms. The lowest BCUT2D eigenvalue weighted by Crippen LogP contribution is -2.51. The van der Waals surface area contributed by atoms with Gasteiger partial charge in [0.25, 0.3) is 0 Å². The molecule has 3 heteroatoms. The van der Waals surface area contributed by atoms with Crippen molar-refractivity contribution in [1.82, 2.24) is 5.32 Å². The second kappa shape index (κ2) is 4.72. The highest BCUT2D eigenvalue weighted by molar-refractivity contribution is 5.81. The lowest BCUT2D eigenvalue weighted by molar-refractivity contribution is -0.146. The molecule has 3 nitrogen and oxygen atoms in total. The van der Waals surface area contributed by atoms with Crippen LogP contribution in [0.1, 0.15) is 24.0 Å². The average Bonchev–Trinajstić information content (AvgIpc) is 2.36. The fraction of sp³-hybridized carbons (Fsp3) is 0.357. The molecule has 0 heterocycles. The van der Waals surface area contributed by atoms with E-state index in [0.717, 1.165) is 24.0 Å². The van der Waals surface area contributed by atoms with Gasteiger partial charge in [-0.15, -0.1) is 6.58 Å². The molecule has 0 amide bonds. The van der Waals surface area contributed by atoms with Crippen LogP contribution in [0.4, 0.5) is 0 Å². The predicted octanol–water partition coefficient (Wildman–Crippen LogP) is 2.08. The van der Waals surface area contributed by atoms with Gasteiger partial charge < -0.3 is 5.11 Å². The molecule has 0 aliphatic heterocycles. The summed E-state index contributed by atoms with van der Waals surface area (Å²) in [7, 11) is 0. The number of aliphatic carboxylic acids is 1. The van der Waals surface area contributed by atoms with Crippen LogP contribution in [0.3, 0.4) is 0 Å². The summed E-state index contributed by atoms with van der Waals surface area (Å²) < 4.78 is 0. The Labute approximate surface area is 101 Å². The molecule has 2 N–H and O–H groups in total. The van der Waals surface area contributed by atoms with Gasteiger partial charge in [-0.05, 0) is 30.4 Å². The summed E-state index contributed by atoms with van der Waals surface area (Å²) in [6, 6.07) is 7.79. The molecule has 0 spiro atoms. The summed E-state index contributed by atoms with van der Waals surface area (Å²) in [4.78, 5) is 11.6. The van der Waals surface area contributed by atoms with Crippen LogP contribution in [0.2, 0.25) is 0 Å². The van der Waals surface area contributed by atoms with Crippen LogP contribution < -0.4 is 5.32 Å². The first-order valence-corrected chi connectivity index (χ1v) is 5.88. The monoisotopic (exact) mass is 231 g/mol. The SMILES string of the molecule is C=CCNC1(C(=O)O)CCCc2ccccc21. The number of carboxylic acid groups (broad SMARTS) is 1. The van der Waals surface area contributed by atoms with Crippen LogP contribution in [0.25, 0.3) is 0 Å². The molecule has 1 atom stereocenters. The highest BCUT2D eigenvalue weighted by Gasteiger charge is 2.42. The van der Waals surface area contributed by atoms with E-state index in [1.807, 2.05) is 24.3 Å². The van der Waals surface area contributed by atoms with Crippen LogP contribution in [0.15, 0.2) is 36.9 Å². The minimum absolute atomic E-state index is 0.501. The average molecular weight is 231 g/mol. The third-order valence-corrected chi connectivity index (χ3v) is 3.39. The number of carbonyl (C=O) groups is 1. The van der Waals surface area contributed by atoms with Crippen LogP contribution in [-0.4, -0.2) is 17.6 Å². The molecule has 1 unspecified atom stereocenters. The summed E-state index contributed by atoms with van der Waals surface area (Å²) in [6.45, 7) is 4.14. The van der Waals surface area contributed by atoms with Crippen molar-refractivity contribution in [2.24, 2.45) is 0 Å². The fourth-order valence-corrected chi connectivity index (χ4v) is 2.56. The Hall–Kier alpha value is -1.61. The second-order valence-electron chi connectivity index (χ2n) is 4.39. The van der Waals surface area contributed by atoms with E-state index in [4.69, 9.17) is 0 Å². The summed E-state index contributed by atoms with van der Waals surface area (Å²) in [5.41, 5.74) is 1.10. The standard InChI is InChI=1S/C14H17NO2/c1-2-10-15-14(13(16)17)9-5-7-11-6-3-4-8-12(11)14/h2-4,6,8,15H,1,5,7,9-10H2,(H,16,17). The molecular weight excluding hydrogens is 214 g/mol. The van der Waals surface area contributed by atoms with Crippen molar-refractivity contribution in [2.75, 3.05) is 6.54 Å². The molecular formula is C14H17NO2. The summed E-state index contributed by atoms with van der Waals surface area (Å²) in [5, 5.41) is 12.7. The first kappa shape index (κ1) is 11.9. The molecule has 0 aromatic heterocycles. The number of rotatable bonds is 4. The van der Waals surface area contributed by atoms with Gasteiger partial charge >= 0.3 is 5.97 Å². The van der Waals surface area contributed by atoms with E-state index in [9.17, 15) is 9.90 Å². The van der Waals surface area contributed by atoms with E-state index in [2.05, 4.69) is 11.9 Å². The van der Waals surface area contributed by atoms with Crippen molar-refractivity contribution in [1.29, 1.82) is 0 Å². The van der Waals surface area contributed by atoms with Crippen LogP contribution >= 0.6 is 0 Å². The van der Waals surface area contributed by atoms with Crippen molar-refractivity contribution in [3.63, 3.8) is 0 Å². The molecule has 0 saturated carbocycles. The molecule has 1 aromatic rings. The number of hydrogen-bond donors (Lipinski definition) is 2. The Morgan fingerprint density at radius 1 is 1.53 bits per heavy atom. The highest BCUT2D eigenvalue weighted by Crippen LogP contribution is 2.35. The highest BCUT2D eigenvalue weighted by atomic mass is 16.4. The quantitative estimate of drug-likeness (QED) is 0.780. The van der Waals surface area contributed by atoms with Crippen LogP contribution in [0, 0.1) is 0 Å². The van der Waals surface area contributed by atoms with Crippen molar-refractivity contribution in [3.05, 3.63) is 48.0 Å². The summed E-state index contributed by atoms with van der Waals surface area (Å²) in [5.74, 6) is -0.800. The van der Waals surface area contributed by atoms with Crippen molar-refractivity contribution in [2.45, 2.75) is 24.8 Å². The summed E-state index contributed by atoms with van der Waals surface area (Å²) >= 11 is 0. The number of fused-ring (bicyclic) bond motifs is 1. The van der Waals surface area contributed by atoms with Crippen molar-refractivity contribution < 1.29 is 9.90 Å². The van der Waals surface area contributed by atoms with E-state index in [-0.39, 0.29) is 0 Å². The molecule has 0 saturated heterocycles. The molecule has 0 fully saturated rings. The van der Waals surface area contributed by atoms with Gasteiger partial charge in [0, 0.05) is 6.54 Å². The molecule has 1 aliphatic carbocycles. The maximum absolute atomic E-state index is 11.6. The topological polar surface area (TPSA) is 49.3 Å². The number of carboxylic acids is 1. The lowest BCUT2D eigenvalue weighted by Gasteiger charge is -2.36. The molecule has 0 bridgehead atoms. The smallest absolute Gasteiger partial charge is 0.328 e. The van der Waals surface area contributed by atoms with Crippen LogP contribution in [0.5, 0.6) is 0 Å². The van der Waals surface area contributed by atoms with Gasteiger partial charge in [0.15, 0.2) is 0 Å². The third kappa shape index (κ3) is 1.98. The lowest BCUT2D eigenvalue weighted by atomic mass is 9.76. The largest absolute Gasteiger partial charge is 0.480 e. The zero-order chi connectivity index (χ0) is 12.3. The molecule has 90 valence electrons. The number of hydrogen-bond acceptors (Lipinski definition) is 2. The van der Waals surface area contributed by atoms with Crippen LogP contribution in [-0.2, 0) is 16.8 Å². The first-order valence-electron chi connectivity index (χ1n) is 5.88. The Morgan fingerprint density at radius 3 is 3.00 bits per heavy atom. The van der Waals surface area contributed by atoms with E-state index in [1.165, 1.54) is 0 Å². The van der Waals surface area contributed by atoms with E-state index >= 15 is 0 Å². The van der Waals surface area contributed by atoms with E-state index < -0.39 is 11.5 Å². The van der Waals surface area contributed by atoms with Gasteiger partial charge in [0.05, 0.1) is 0 Å². The van der Waals surface area contributed by atoms with E-state index in [1.54, 1.807) is 6.08 Å². The van der Waals surface area contributed by atoms with Crippen molar-refractivity contribution in [3.8, 4) is 0 Å². The van der Waals surface area contributed by atoms with Crippen molar-refractivity contribution >= 4 is 5.97 Å². The Bertz CT molecular complexity index is 442. The third-order valence-electron chi connectivity index (χ3n) is 3.39. The van der Waals surface area contributed by atoms with E-state index in [0.29, 0.717) is 13.0 Å². The molecule has 1 aliphatic rings. The van der Waals surface area contributed by atoms with Gasteiger partial charge in [-0.25, -0.2) is 4.79 Å². The normalized spacial score (nSPS) is 22.8. The minimum atomic E-state index is -0.941. The molecule has 1 aromatic carbocycles. The molecule has 2 rings (SSSR count). The first-order chi connectivity index (χ1) is 8.20. The number of benzene rings is 1. The second-order valence-corrected chi connectivity index (χ2v) is 4.39. The Kier molecular flexibility index (Phi) is 3.29. The van der Waals surface area contributed by atoms with Gasteiger partial charge in [-0.3, -0.25) is 5.32 Å². The van der Waals surface area contributed by atoms with Gasteiger partial charge in [0.1, 0.15) is 5.54 Å². The number of nitrogens with one attached hydrogen (secondary N) is 1. The fourth-order valence-electron chi connectivity index (χ4n) is 2.56. The van der Waals surface area contributed by atoms with Gasteiger partial charge in [-0.2, -0.15) is 0 Å². The number of aryl methyl sites for hydroxylation is 1. The maximum Gasteiger partial charge on any atom is 0.328 e. The Morgan fingerprint density at radius 2 is 2.29 bits per heavy atom. The molecule has 0 radical (unpaired) electrons. The Balaban J connectivity index is 2.47. The maximum atomic E-state index is 11.6. The van der Waals surface area contributed by atoms with Gasteiger partial charge in [-0.1, -0.05) is 30.3 Å². The van der Waals surface area contributed by atoms with Gasteiger partial charge in [0.2, 0.25) is 0 Å². The predicted molar refractivity (Wildman–Crippen MR) is 66.9 cm³/mol. The minimum Gasteiger partial charge on any atom is -0.480 e. The zero-order valence-corrected chi connectivity index (χ0v) is 9.78.